The number of aliphatic hydroxyl groups excluding tert-OH is 1. The number of aliphatic hydroxyl groups is 1. The zero-order valence-corrected chi connectivity index (χ0v) is 15.1. The van der Waals surface area contributed by atoms with Gasteiger partial charge < -0.3 is 20.6 Å². The number of piperidine rings is 1. The van der Waals surface area contributed by atoms with Gasteiger partial charge in [-0.1, -0.05) is 30.3 Å². The summed E-state index contributed by atoms with van der Waals surface area (Å²) in [7, 11) is 2.12. The number of carbonyl (C=O) groups is 1. The highest BCUT2D eigenvalue weighted by molar-refractivity contribution is 5.79. The first-order valence-corrected chi connectivity index (χ1v) is 9.26. The highest BCUT2D eigenvalue weighted by Crippen LogP contribution is 2.31. The molecule has 2 aliphatic heterocycles. The molecule has 138 valence electrons. The Kier molecular flexibility index (Phi) is 6.06. The molecule has 2 saturated heterocycles. The molecule has 2 atom stereocenters. The monoisotopic (exact) mass is 346 g/mol. The van der Waals surface area contributed by atoms with Gasteiger partial charge in [0.25, 0.3) is 0 Å². The Bertz CT molecular complexity index is 568. The number of likely N-dealkylation sites (N-methyl/N-ethyl adjacent to an activating group) is 1. The van der Waals surface area contributed by atoms with Crippen LogP contribution in [0.1, 0.15) is 18.4 Å². The second kappa shape index (κ2) is 8.27. The molecule has 25 heavy (non-hydrogen) atoms. The highest BCUT2D eigenvalue weighted by atomic mass is 16.3. The van der Waals surface area contributed by atoms with Gasteiger partial charge in [-0.05, 0) is 45.1 Å². The Morgan fingerprint density at radius 3 is 2.84 bits per heavy atom. The van der Waals surface area contributed by atoms with E-state index in [4.69, 9.17) is 0 Å². The number of carbonyl (C=O) groups excluding carboxylic acids is 1. The third kappa shape index (κ3) is 4.39. The number of amides is 1. The maximum atomic E-state index is 12.8. The molecular formula is C19H30N4O2. The van der Waals surface area contributed by atoms with Crippen molar-refractivity contribution < 1.29 is 9.90 Å². The molecule has 0 radical (unpaired) electrons. The molecule has 0 spiro atoms. The van der Waals surface area contributed by atoms with Crippen molar-refractivity contribution in [3.8, 4) is 0 Å². The number of hydrogen-bond acceptors (Lipinski definition) is 5. The Balaban J connectivity index is 1.71. The molecule has 6 heteroatoms. The summed E-state index contributed by atoms with van der Waals surface area (Å²) in [6.45, 7) is 5.58. The molecule has 0 aliphatic carbocycles. The van der Waals surface area contributed by atoms with Crippen molar-refractivity contribution in [2.45, 2.75) is 24.5 Å². The van der Waals surface area contributed by atoms with E-state index in [9.17, 15) is 9.90 Å². The lowest BCUT2D eigenvalue weighted by atomic mass is 9.79. The predicted molar refractivity (Wildman–Crippen MR) is 98.3 cm³/mol. The zero-order valence-electron chi connectivity index (χ0n) is 15.1. The van der Waals surface area contributed by atoms with Gasteiger partial charge in [0.2, 0.25) is 5.91 Å². The minimum atomic E-state index is -0.702. The lowest BCUT2D eigenvalue weighted by molar-refractivity contribution is -0.127. The van der Waals surface area contributed by atoms with E-state index >= 15 is 0 Å². The van der Waals surface area contributed by atoms with Crippen molar-refractivity contribution in [1.82, 2.24) is 20.4 Å². The number of benzene rings is 1. The first kappa shape index (κ1) is 18.3. The van der Waals surface area contributed by atoms with E-state index in [1.54, 1.807) is 0 Å². The quantitative estimate of drug-likeness (QED) is 0.716. The molecule has 2 fully saturated rings. The molecule has 3 N–H and O–H groups in total. The molecular weight excluding hydrogens is 316 g/mol. The van der Waals surface area contributed by atoms with Gasteiger partial charge in [0.1, 0.15) is 0 Å². The van der Waals surface area contributed by atoms with Gasteiger partial charge in [-0.25, -0.2) is 0 Å². The Morgan fingerprint density at radius 2 is 2.08 bits per heavy atom. The van der Waals surface area contributed by atoms with Crippen molar-refractivity contribution in [3.05, 3.63) is 35.9 Å². The normalized spacial score (nSPS) is 29.1. The van der Waals surface area contributed by atoms with Crippen LogP contribution in [0.3, 0.4) is 0 Å². The Morgan fingerprint density at radius 1 is 1.28 bits per heavy atom. The maximum absolute atomic E-state index is 12.8. The fourth-order valence-corrected chi connectivity index (χ4v) is 3.90. The maximum Gasteiger partial charge on any atom is 0.234 e. The first-order valence-electron chi connectivity index (χ1n) is 9.26. The summed E-state index contributed by atoms with van der Waals surface area (Å²) in [5.41, 5.74) is 0.277. The van der Waals surface area contributed by atoms with Crippen LogP contribution in [0, 0.1) is 0 Å². The van der Waals surface area contributed by atoms with Gasteiger partial charge in [0.05, 0.1) is 18.2 Å². The molecule has 2 heterocycles. The standard InChI is InChI=1S/C19H30N4O2/c1-22-10-5-11-23(13-12-22)15-18(25)21-19(8-9-20-14-17(19)24)16-6-3-2-4-7-16/h2-4,6-7,17,20,24H,5,8-15H2,1H3,(H,21,25)/t17-,19+/m1/s1. The lowest BCUT2D eigenvalue weighted by Gasteiger charge is -2.43. The minimum absolute atomic E-state index is 0.00523. The van der Waals surface area contributed by atoms with Crippen LogP contribution in [0.15, 0.2) is 30.3 Å². The van der Waals surface area contributed by atoms with Crippen LogP contribution in [-0.2, 0) is 10.3 Å². The van der Waals surface area contributed by atoms with Crippen LogP contribution in [0.4, 0.5) is 0 Å². The van der Waals surface area contributed by atoms with Crippen LogP contribution >= 0.6 is 0 Å². The van der Waals surface area contributed by atoms with Crippen molar-refractivity contribution in [2.75, 3.05) is 52.9 Å². The van der Waals surface area contributed by atoms with Gasteiger partial charge in [-0.15, -0.1) is 0 Å². The molecule has 0 unspecified atom stereocenters. The van der Waals surface area contributed by atoms with Crippen molar-refractivity contribution in [2.24, 2.45) is 0 Å². The van der Waals surface area contributed by atoms with Crippen LogP contribution < -0.4 is 10.6 Å². The van der Waals surface area contributed by atoms with E-state index in [0.29, 0.717) is 19.5 Å². The number of nitrogens with one attached hydrogen (secondary N) is 2. The fourth-order valence-electron chi connectivity index (χ4n) is 3.90. The van der Waals surface area contributed by atoms with E-state index in [1.807, 2.05) is 30.3 Å². The van der Waals surface area contributed by atoms with E-state index in [0.717, 1.165) is 44.7 Å². The van der Waals surface area contributed by atoms with E-state index in [-0.39, 0.29) is 5.91 Å². The molecule has 3 rings (SSSR count). The smallest absolute Gasteiger partial charge is 0.234 e. The van der Waals surface area contributed by atoms with Crippen LogP contribution in [0.5, 0.6) is 0 Å². The van der Waals surface area contributed by atoms with Gasteiger partial charge in [-0.2, -0.15) is 0 Å². The molecule has 0 saturated carbocycles. The third-order valence-corrected chi connectivity index (χ3v) is 5.43. The Hall–Kier alpha value is -1.47. The topological polar surface area (TPSA) is 67.8 Å². The fraction of sp³-hybridized carbons (Fsp3) is 0.632. The van der Waals surface area contributed by atoms with Gasteiger partial charge in [0.15, 0.2) is 0 Å². The summed E-state index contributed by atoms with van der Waals surface area (Å²) in [4.78, 5) is 17.3. The van der Waals surface area contributed by atoms with Crippen LogP contribution in [0.2, 0.25) is 0 Å². The summed E-state index contributed by atoms with van der Waals surface area (Å²) in [5, 5.41) is 17.1. The second-order valence-electron chi connectivity index (χ2n) is 7.29. The number of rotatable bonds is 4. The Labute approximate surface area is 150 Å². The minimum Gasteiger partial charge on any atom is -0.389 e. The second-order valence-corrected chi connectivity index (χ2v) is 7.29. The molecule has 0 bridgehead atoms. The molecule has 0 aromatic heterocycles. The van der Waals surface area contributed by atoms with Gasteiger partial charge in [0, 0.05) is 19.6 Å². The van der Waals surface area contributed by atoms with Crippen molar-refractivity contribution >= 4 is 5.91 Å². The summed E-state index contributed by atoms with van der Waals surface area (Å²) in [5.74, 6) is -0.00523. The number of β-amino-alcohol motifs (C(OH)–C–C–N with tert-alkyl or cyclic N) is 1. The molecule has 1 amide bonds. The summed E-state index contributed by atoms with van der Waals surface area (Å²) in [6.07, 6.45) is 1.13. The average molecular weight is 346 g/mol. The molecule has 2 aliphatic rings. The lowest BCUT2D eigenvalue weighted by Crippen LogP contribution is -2.62. The number of nitrogens with zero attached hydrogens (tertiary/aromatic N) is 2. The third-order valence-electron chi connectivity index (χ3n) is 5.43. The largest absolute Gasteiger partial charge is 0.389 e. The summed E-state index contributed by atoms with van der Waals surface area (Å²) >= 11 is 0. The first-order chi connectivity index (χ1) is 12.1. The van der Waals surface area contributed by atoms with E-state index in [2.05, 4.69) is 27.5 Å². The number of hydrogen-bond donors (Lipinski definition) is 3. The van der Waals surface area contributed by atoms with E-state index in [1.165, 1.54) is 0 Å². The summed E-state index contributed by atoms with van der Waals surface area (Å²) in [6, 6.07) is 9.87. The predicted octanol–water partition coefficient (Wildman–Crippen LogP) is -0.0102. The van der Waals surface area contributed by atoms with Crippen LogP contribution in [0.25, 0.3) is 0 Å². The van der Waals surface area contributed by atoms with E-state index < -0.39 is 11.6 Å². The van der Waals surface area contributed by atoms with Crippen LogP contribution in [-0.4, -0.2) is 79.8 Å². The van der Waals surface area contributed by atoms with Gasteiger partial charge >= 0.3 is 0 Å². The molecule has 6 nitrogen and oxygen atoms in total. The summed E-state index contributed by atoms with van der Waals surface area (Å²) < 4.78 is 0. The zero-order chi connectivity index (χ0) is 17.7. The van der Waals surface area contributed by atoms with Gasteiger partial charge in [-0.3, -0.25) is 9.69 Å². The van der Waals surface area contributed by atoms with Crippen molar-refractivity contribution in [1.29, 1.82) is 0 Å². The van der Waals surface area contributed by atoms with Crippen molar-refractivity contribution in [3.63, 3.8) is 0 Å². The highest BCUT2D eigenvalue weighted by Gasteiger charge is 2.42. The molecule has 1 aromatic carbocycles. The SMILES string of the molecule is CN1CCCN(CC(=O)N[C@]2(c3ccccc3)CCNC[C@H]2O)CC1. The molecule has 1 aromatic rings. The average Bonchev–Trinajstić information content (AvgIpc) is 2.82.